The van der Waals surface area contributed by atoms with Crippen molar-refractivity contribution in [1.29, 1.82) is 5.26 Å². The third-order valence-electron chi connectivity index (χ3n) is 6.35. The molecule has 0 radical (unpaired) electrons. The monoisotopic (exact) mass is 562 g/mol. The fraction of sp³-hybridized carbons (Fsp3) is 0.0625. The number of rotatable bonds is 7. The van der Waals surface area contributed by atoms with Crippen LogP contribution in [0.4, 0.5) is 0 Å². The molecule has 0 aliphatic carbocycles. The van der Waals surface area contributed by atoms with E-state index in [1.54, 1.807) is 60.7 Å². The van der Waals surface area contributed by atoms with Gasteiger partial charge in [-0.2, -0.15) is 10.4 Å². The van der Waals surface area contributed by atoms with Crippen LogP contribution in [0.2, 0.25) is 5.02 Å². The predicted octanol–water partition coefficient (Wildman–Crippen LogP) is 6.66. The van der Waals surface area contributed by atoms with Crippen molar-refractivity contribution in [1.82, 2.24) is 10.4 Å². The second-order valence-corrected chi connectivity index (χ2v) is 9.47. The molecule has 8 nitrogen and oxygen atoms in total. The Morgan fingerprint density at radius 2 is 1.80 bits per heavy atom. The predicted molar refractivity (Wildman–Crippen MR) is 158 cm³/mol. The number of para-hydroxylation sites is 1. The van der Waals surface area contributed by atoms with E-state index in [-0.39, 0.29) is 11.4 Å². The van der Waals surface area contributed by atoms with E-state index >= 15 is 0 Å². The van der Waals surface area contributed by atoms with Gasteiger partial charge in [-0.05, 0) is 55.0 Å². The van der Waals surface area contributed by atoms with Gasteiger partial charge < -0.3 is 14.5 Å². The van der Waals surface area contributed by atoms with E-state index in [2.05, 4.69) is 21.6 Å². The third kappa shape index (κ3) is 5.66. The lowest BCUT2D eigenvalue weighted by Gasteiger charge is -2.10. The number of benzene rings is 4. The van der Waals surface area contributed by atoms with E-state index in [1.165, 1.54) is 13.3 Å². The highest BCUT2D eigenvalue weighted by molar-refractivity contribution is 6.34. The maximum Gasteiger partial charge on any atom is 0.343 e. The number of nitriles is 1. The quantitative estimate of drug-likeness (QED) is 0.0995. The highest BCUT2D eigenvalue weighted by Gasteiger charge is 2.22. The Morgan fingerprint density at radius 3 is 2.56 bits per heavy atom. The Morgan fingerprint density at radius 1 is 1.00 bits per heavy atom. The minimum Gasteiger partial charge on any atom is -0.493 e. The molecule has 1 aromatic heterocycles. The van der Waals surface area contributed by atoms with E-state index in [4.69, 9.17) is 21.1 Å². The molecule has 1 amide bonds. The molecule has 9 heteroatoms. The number of nitrogens with zero attached hydrogens (tertiary/aromatic N) is 2. The minimum atomic E-state index is -0.521. The number of fused-ring (bicyclic) bond motifs is 1. The van der Waals surface area contributed by atoms with Crippen LogP contribution in [0, 0.1) is 18.3 Å². The van der Waals surface area contributed by atoms with Gasteiger partial charge in [0.15, 0.2) is 11.5 Å². The number of ether oxygens (including phenoxy) is 2. The molecule has 0 saturated heterocycles. The standard InChI is InChI=1S/C32H23ClN4O4/c1-19-7-5-8-21(15-19)32(39)41-26-14-13-20(16-27(26)40-2)18-35-37-31(38)30-28(23-10-3-4-12-25(23)33)24-11-6-9-22(17-34)29(24)36-30/h3-16,18,36H,1-2H3,(H,37,38). The zero-order valence-electron chi connectivity index (χ0n) is 22.1. The normalized spacial score (nSPS) is 10.9. The number of amides is 1. The van der Waals surface area contributed by atoms with Gasteiger partial charge in [0, 0.05) is 21.5 Å². The van der Waals surface area contributed by atoms with Crippen LogP contribution in [-0.4, -0.2) is 30.2 Å². The Kier molecular flexibility index (Phi) is 7.81. The average molecular weight is 563 g/mol. The Labute approximate surface area is 240 Å². The number of hydrogen-bond donors (Lipinski definition) is 2. The number of hydrogen-bond acceptors (Lipinski definition) is 6. The highest BCUT2D eigenvalue weighted by Crippen LogP contribution is 2.37. The van der Waals surface area contributed by atoms with Crippen LogP contribution in [0.1, 0.15) is 37.5 Å². The molecule has 5 rings (SSSR count). The van der Waals surface area contributed by atoms with Crippen molar-refractivity contribution < 1.29 is 19.1 Å². The SMILES string of the molecule is COc1cc(C=NNC(=O)c2[nH]c3c(C#N)cccc3c2-c2ccccc2Cl)ccc1OC(=O)c1cccc(C)c1. The van der Waals surface area contributed by atoms with Crippen LogP contribution >= 0.6 is 11.6 Å². The summed E-state index contributed by atoms with van der Waals surface area (Å²) in [7, 11) is 1.46. The van der Waals surface area contributed by atoms with E-state index in [9.17, 15) is 14.9 Å². The summed E-state index contributed by atoms with van der Waals surface area (Å²) >= 11 is 6.48. The molecule has 4 aromatic carbocycles. The molecule has 0 spiro atoms. The topological polar surface area (TPSA) is 117 Å². The summed E-state index contributed by atoms with van der Waals surface area (Å²) in [6, 6.07) is 26.6. The second kappa shape index (κ2) is 11.8. The number of aryl methyl sites for hydroxylation is 1. The number of esters is 1. The first kappa shape index (κ1) is 27.2. The smallest absolute Gasteiger partial charge is 0.343 e. The number of carbonyl (C=O) groups excluding carboxylic acids is 2. The molecule has 5 aromatic rings. The molecule has 0 fully saturated rings. The first-order valence-corrected chi connectivity index (χ1v) is 12.9. The molecule has 2 N–H and O–H groups in total. The summed E-state index contributed by atoms with van der Waals surface area (Å²) in [5, 5.41) is 14.8. The number of H-pyrrole nitrogens is 1. The Bertz CT molecular complexity index is 1870. The van der Waals surface area contributed by atoms with Crippen LogP contribution in [0.5, 0.6) is 11.5 Å². The fourth-order valence-electron chi connectivity index (χ4n) is 4.43. The van der Waals surface area contributed by atoms with Crippen LogP contribution < -0.4 is 14.9 Å². The van der Waals surface area contributed by atoms with Gasteiger partial charge in [0.05, 0.1) is 30.0 Å². The second-order valence-electron chi connectivity index (χ2n) is 9.06. The van der Waals surface area contributed by atoms with E-state index in [0.717, 1.165) is 5.56 Å². The summed E-state index contributed by atoms with van der Waals surface area (Å²) in [5.41, 5.74) is 6.84. The molecule has 0 unspecified atom stereocenters. The molecule has 0 aliphatic rings. The van der Waals surface area contributed by atoms with Gasteiger partial charge in [-0.15, -0.1) is 0 Å². The van der Waals surface area contributed by atoms with Gasteiger partial charge in [0.2, 0.25) is 0 Å². The first-order chi connectivity index (χ1) is 19.9. The van der Waals surface area contributed by atoms with Crippen LogP contribution in [0.25, 0.3) is 22.0 Å². The number of aromatic amines is 1. The Hall–Kier alpha value is -5.39. The molecule has 41 heavy (non-hydrogen) atoms. The lowest BCUT2D eigenvalue weighted by atomic mass is 10.0. The first-order valence-electron chi connectivity index (χ1n) is 12.5. The molecule has 0 bridgehead atoms. The molecular formula is C32H23ClN4O4. The number of hydrazone groups is 1. The van der Waals surface area contributed by atoms with Crippen molar-refractivity contribution in [2.24, 2.45) is 5.10 Å². The molecule has 0 saturated carbocycles. The van der Waals surface area contributed by atoms with Crippen molar-refractivity contribution in [3.05, 3.63) is 118 Å². The highest BCUT2D eigenvalue weighted by atomic mass is 35.5. The number of methoxy groups -OCH3 is 1. The lowest BCUT2D eigenvalue weighted by molar-refractivity contribution is 0.0729. The van der Waals surface area contributed by atoms with Gasteiger partial charge in [-0.25, -0.2) is 10.2 Å². The lowest BCUT2D eigenvalue weighted by Crippen LogP contribution is -2.19. The maximum atomic E-state index is 13.3. The van der Waals surface area contributed by atoms with Crippen LogP contribution in [-0.2, 0) is 0 Å². The summed E-state index contributed by atoms with van der Waals surface area (Å²) in [6.45, 7) is 1.89. The summed E-state index contributed by atoms with van der Waals surface area (Å²) < 4.78 is 10.9. The zero-order chi connectivity index (χ0) is 28.9. The third-order valence-corrected chi connectivity index (χ3v) is 6.68. The Balaban J connectivity index is 1.39. The largest absolute Gasteiger partial charge is 0.493 e. The number of aromatic nitrogens is 1. The van der Waals surface area contributed by atoms with Crippen molar-refractivity contribution in [2.75, 3.05) is 7.11 Å². The molecular weight excluding hydrogens is 540 g/mol. The molecule has 0 aliphatic heterocycles. The van der Waals surface area contributed by atoms with Crippen molar-refractivity contribution in [2.45, 2.75) is 6.92 Å². The summed E-state index contributed by atoms with van der Waals surface area (Å²) in [6.07, 6.45) is 1.44. The van der Waals surface area contributed by atoms with Gasteiger partial charge in [-0.3, -0.25) is 4.79 Å². The van der Waals surface area contributed by atoms with Crippen molar-refractivity contribution in [3.8, 4) is 28.7 Å². The van der Waals surface area contributed by atoms with Gasteiger partial charge in [0.25, 0.3) is 5.91 Å². The number of halogens is 1. The average Bonchev–Trinajstić information content (AvgIpc) is 3.37. The molecule has 202 valence electrons. The molecule has 0 atom stereocenters. The molecule has 1 heterocycles. The minimum absolute atomic E-state index is 0.212. The zero-order valence-corrected chi connectivity index (χ0v) is 22.8. The van der Waals surface area contributed by atoms with Crippen LogP contribution in [0.15, 0.2) is 90.0 Å². The fourth-order valence-corrected chi connectivity index (χ4v) is 4.66. The van der Waals surface area contributed by atoms with Gasteiger partial charge in [0.1, 0.15) is 11.8 Å². The summed E-state index contributed by atoms with van der Waals surface area (Å²) in [4.78, 5) is 29.0. The summed E-state index contributed by atoms with van der Waals surface area (Å²) in [5.74, 6) is -0.460. The van der Waals surface area contributed by atoms with Crippen molar-refractivity contribution in [3.63, 3.8) is 0 Å². The van der Waals surface area contributed by atoms with Crippen LogP contribution in [0.3, 0.4) is 0 Å². The maximum absolute atomic E-state index is 13.3. The van der Waals surface area contributed by atoms with Crippen molar-refractivity contribution >= 4 is 40.6 Å². The van der Waals surface area contributed by atoms with E-state index in [1.807, 2.05) is 31.2 Å². The van der Waals surface area contributed by atoms with Gasteiger partial charge >= 0.3 is 5.97 Å². The van der Waals surface area contributed by atoms with E-state index in [0.29, 0.717) is 49.5 Å². The number of nitrogens with one attached hydrogen (secondary N) is 2. The van der Waals surface area contributed by atoms with Gasteiger partial charge in [-0.1, -0.05) is 59.6 Å². The number of carbonyl (C=O) groups is 2. The van der Waals surface area contributed by atoms with E-state index < -0.39 is 11.9 Å².